The summed E-state index contributed by atoms with van der Waals surface area (Å²) in [6.45, 7) is 4.66. The Kier molecular flexibility index (Phi) is 6.52. The quantitative estimate of drug-likeness (QED) is 0.355. The fourth-order valence-electron chi connectivity index (χ4n) is 3.90. The number of benzene rings is 1. The largest absolute Gasteiger partial charge is 0.340 e. The first-order valence-corrected chi connectivity index (χ1v) is 11.9. The number of hydrogen-bond acceptors (Lipinski definition) is 6. The summed E-state index contributed by atoms with van der Waals surface area (Å²) in [5.74, 6) is 1.45. The summed E-state index contributed by atoms with van der Waals surface area (Å²) in [6.07, 6.45) is 10.9. The van der Waals surface area contributed by atoms with Gasteiger partial charge in [0.2, 0.25) is 11.8 Å². The molecule has 1 aliphatic carbocycles. The molecular formula is C27H28N6O2. The molecule has 8 nitrogen and oxygen atoms in total. The topological polar surface area (TPSA) is 98.7 Å². The van der Waals surface area contributed by atoms with Crippen molar-refractivity contribution >= 4 is 12.0 Å². The maximum Gasteiger partial charge on any atom is 0.249 e. The van der Waals surface area contributed by atoms with Gasteiger partial charge in [-0.2, -0.15) is 10.1 Å². The second-order valence-corrected chi connectivity index (χ2v) is 9.19. The zero-order valence-electron chi connectivity index (χ0n) is 19.8. The summed E-state index contributed by atoms with van der Waals surface area (Å²) in [5, 5.41) is 11.9. The Morgan fingerprint density at radius 2 is 2.03 bits per heavy atom. The SMILES string of the molecule is CC(C)C(NC(=O)/C=C/c1cn(Cc2ccccc2)nc1-c1cccnc1)c1nc(C2CC2)no1. The second kappa shape index (κ2) is 10.0. The van der Waals surface area contributed by atoms with Gasteiger partial charge in [-0.3, -0.25) is 14.5 Å². The van der Waals surface area contributed by atoms with Crippen molar-refractivity contribution < 1.29 is 9.32 Å². The molecule has 1 atom stereocenters. The predicted molar refractivity (Wildman–Crippen MR) is 132 cm³/mol. The van der Waals surface area contributed by atoms with E-state index in [0.717, 1.165) is 41.1 Å². The average Bonchev–Trinajstić information content (AvgIpc) is 3.47. The van der Waals surface area contributed by atoms with E-state index in [-0.39, 0.29) is 17.9 Å². The third-order valence-electron chi connectivity index (χ3n) is 5.96. The number of carbonyl (C=O) groups is 1. The zero-order valence-corrected chi connectivity index (χ0v) is 19.8. The number of nitrogens with zero attached hydrogens (tertiary/aromatic N) is 5. The highest BCUT2D eigenvalue weighted by molar-refractivity contribution is 5.93. The van der Waals surface area contributed by atoms with Gasteiger partial charge in [0.25, 0.3) is 0 Å². The average molecular weight is 469 g/mol. The molecule has 1 aromatic carbocycles. The Balaban J connectivity index is 1.35. The summed E-state index contributed by atoms with van der Waals surface area (Å²) < 4.78 is 7.35. The van der Waals surface area contributed by atoms with Gasteiger partial charge < -0.3 is 9.84 Å². The van der Waals surface area contributed by atoms with Crippen LogP contribution in [-0.4, -0.2) is 30.8 Å². The molecule has 1 fully saturated rings. The summed E-state index contributed by atoms with van der Waals surface area (Å²) in [6, 6.07) is 13.6. The van der Waals surface area contributed by atoms with Gasteiger partial charge in [-0.05, 0) is 42.5 Å². The Morgan fingerprint density at radius 1 is 1.20 bits per heavy atom. The smallest absolute Gasteiger partial charge is 0.249 e. The van der Waals surface area contributed by atoms with Crippen LogP contribution in [0.15, 0.2) is 71.7 Å². The minimum Gasteiger partial charge on any atom is -0.340 e. The molecule has 1 saturated carbocycles. The minimum absolute atomic E-state index is 0.0967. The van der Waals surface area contributed by atoms with Crippen molar-refractivity contribution in [3.63, 3.8) is 0 Å². The first-order chi connectivity index (χ1) is 17.1. The highest BCUT2D eigenvalue weighted by Crippen LogP contribution is 2.38. The van der Waals surface area contributed by atoms with Gasteiger partial charge >= 0.3 is 0 Å². The fourth-order valence-corrected chi connectivity index (χ4v) is 3.90. The molecule has 1 unspecified atom stereocenters. The molecule has 178 valence electrons. The lowest BCUT2D eigenvalue weighted by Gasteiger charge is -2.17. The molecule has 0 saturated heterocycles. The van der Waals surface area contributed by atoms with Crippen LogP contribution in [0.25, 0.3) is 17.3 Å². The number of nitrogens with one attached hydrogen (secondary N) is 1. The number of amides is 1. The third-order valence-corrected chi connectivity index (χ3v) is 5.96. The zero-order chi connectivity index (χ0) is 24.2. The van der Waals surface area contributed by atoms with E-state index >= 15 is 0 Å². The van der Waals surface area contributed by atoms with Gasteiger partial charge in [0.15, 0.2) is 5.82 Å². The summed E-state index contributed by atoms with van der Waals surface area (Å²) in [5.41, 5.74) is 3.63. The van der Waals surface area contributed by atoms with Crippen molar-refractivity contribution in [1.29, 1.82) is 0 Å². The second-order valence-electron chi connectivity index (χ2n) is 9.19. The lowest BCUT2D eigenvalue weighted by atomic mass is 10.0. The monoisotopic (exact) mass is 468 g/mol. The summed E-state index contributed by atoms with van der Waals surface area (Å²) >= 11 is 0. The molecule has 1 aliphatic rings. The lowest BCUT2D eigenvalue weighted by Crippen LogP contribution is -2.30. The van der Waals surface area contributed by atoms with E-state index in [4.69, 9.17) is 9.62 Å². The van der Waals surface area contributed by atoms with Gasteiger partial charge in [0, 0.05) is 41.7 Å². The first kappa shape index (κ1) is 22.7. The molecule has 0 radical (unpaired) electrons. The molecule has 3 heterocycles. The maximum absolute atomic E-state index is 12.9. The van der Waals surface area contributed by atoms with Crippen molar-refractivity contribution in [2.45, 2.75) is 45.2 Å². The third kappa shape index (κ3) is 5.54. The van der Waals surface area contributed by atoms with Crippen LogP contribution in [0.5, 0.6) is 0 Å². The molecule has 1 N–H and O–H groups in total. The van der Waals surface area contributed by atoms with Crippen molar-refractivity contribution in [1.82, 2.24) is 30.2 Å². The van der Waals surface area contributed by atoms with Crippen LogP contribution in [0.2, 0.25) is 0 Å². The van der Waals surface area contributed by atoms with Crippen LogP contribution in [0.1, 0.15) is 61.5 Å². The van der Waals surface area contributed by atoms with Gasteiger partial charge in [0.05, 0.1) is 6.54 Å². The van der Waals surface area contributed by atoms with Gasteiger partial charge in [0.1, 0.15) is 11.7 Å². The molecule has 5 rings (SSSR count). The number of carbonyl (C=O) groups excluding carboxylic acids is 1. The first-order valence-electron chi connectivity index (χ1n) is 11.9. The molecule has 1 amide bonds. The maximum atomic E-state index is 12.9. The van der Waals surface area contributed by atoms with Crippen LogP contribution in [0.4, 0.5) is 0 Å². The van der Waals surface area contributed by atoms with E-state index in [9.17, 15) is 4.79 Å². The van der Waals surface area contributed by atoms with Crippen LogP contribution >= 0.6 is 0 Å². The Bertz CT molecular complexity index is 1310. The van der Waals surface area contributed by atoms with Gasteiger partial charge in [-0.25, -0.2) is 0 Å². The minimum atomic E-state index is -0.356. The van der Waals surface area contributed by atoms with Crippen molar-refractivity contribution in [3.05, 3.63) is 90.0 Å². The number of hydrogen-bond donors (Lipinski definition) is 1. The van der Waals surface area contributed by atoms with Gasteiger partial charge in [-0.15, -0.1) is 0 Å². The van der Waals surface area contributed by atoms with Crippen LogP contribution in [-0.2, 0) is 11.3 Å². The van der Waals surface area contributed by atoms with E-state index in [1.165, 1.54) is 6.08 Å². The van der Waals surface area contributed by atoms with E-state index in [1.54, 1.807) is 18.5 Å². The molecule has 8 heteroatoms. The number of rotatable bonds is 9. The Labute approximate surface area is 204 Å². The Hall–Kier alpha value is -4.07. The number of pyridine rings is 1. The molecule has 0 spiro atoms. The van der Waals surface area contributed by atoms with Crippen molar-refractivity contribution in [3.8, 4) is 11.3 Å². The van der Waals surface area contributed by atoms with Crippen molar-refractivity contribution in [2.75, 3.05) is 0 Å². The fraction of sp³-hybridized carbons (Fsp3) is 0.296. The summed E-state index contributed by atoms with van der Waals surface area (Å²) in [4.78, 5) is 21.6. The predicted octanol–water partition coefficient (Wildman–Crippen LogP) is 4.78. The van der Waals surface area contributed by atoms with Crippen LogP contribution < -0.4 is 5.32 Å². The highest BCUT2D eigenvalue weighted by Gasteiger charge is 2.31. The molecule has 3 aromatic heterocycles. The molecule has 4 aromatic rings. The molecular weight excluding hydrogens is 440 g/mol. The van der Waals surface area contributed by atoms with E-state index in [0.29, 0.717) is 18.4 Å². The normalized spacial score (nSPS) is 14.5. The Morgan fingerprint density at radius 3 is 2.74 bits per heavy atom. The van der Waals surface area contributed by atoms with E-state index in [2.05, 4.69) is 32.6 Å². The van der Waals surface area contributed by atoms with E-state index in [1.807, 2.05) is 55.1 Å². The lowest BCUT2D eigenvalue weighted by molar-refractivity contribution is -0.117. The molecule has 0 bridgehead atoms. The van der Waals surface area contributed by atoms with Crippen molar-refractivity contribution in [2.24, 2.45) is 5.92 Å². The molecule has 0 aliphatic heterocycles. The highest BCUT2D eigenvalue weighted by atomic mass is 16.5. The van der Waals surface area contributed by atoms with E-state index < -0.39 is 0 Å². The number of aromatic nitrogens is 5. The van der Waals surface area contributed by atoms with Gasteiger partial charge in [-0.1, -0.05) is 49.3 Å². The summed E-state index contributed by atoms with van der Waals surface area (Å²) in [7, 11) is 0. The van der Waals surface area contributed by atoms with Crippen LogP contribution in [0.3, 0.4) is 0 Å². The standard InChI is InChI=1S/C27H28N6O2/c1-18(2)24(27-30-26(32-35-27)20-10-11-20)29-23(34)13-12-22-17-33(16-19-7-4-3-5-8-19)31-25(22)21-9-6-14-28-15-21/h3-9,12-15,17-18,20,24H,10-11,16H2,1-2H3,(H,29,34)/b13-12+. The molecule has 35 heavy (non-hydrogen) atoms. The van der Waals surface area contributed by atoms with Crippen LogP contribution in [0, 0.1) is 5.92 Å².